The average molecular weight is 328 g/mol. The summed E-state index contributed by atoms with van der Waals surface area (Å²) in [6.45, 7) is 1.81. The molecule has 2 amide bonds. The van der Waals surface area contributed by atoms with Gasteiger partial charge in [0, 0.05) is 13.1 Å². The van der Waals surface area contributed by atoms with E-state index in [0.29, 0.717) is 19.7 Å². The quantitative estimate of drug-likeness (QED) is 0.920. The van der Waals surface area contributed by atoms with Crippen LogP contribution in [0.2, 0.25) is 0 Å². The second-order valence-electron chi connectivity index (χ2n) is 5.89. The number of nitrogens with one attached hydrogen (secondary N) is 1. The fraction of sp³-hybridized carbons (Fsp3) is 0.316. The number of rotatable bonds is 4. The van der Waals surface area contributed by atoms with Crippen LogP contribution in [-0.2, 0) is 11.3 Å². The molecule has 0 unspecified atom stereocenters. The first kappa shape index (κ1) is 16.5. The first-order valence-corrected chi connectivity index (χ1v) is 8.18. The van der Waals surface area contributed by atoms with Crippen LogP contribution < -0.4 is 5.32 Å². The maximum atomic E-state index is 13.6. The van der Waals surface area contributed by atoms with Gasteiger partial charge in [-0.3, -0.25) is 0 Å². The number of urea groups is 1. The lowest BCUT2D eigenvalue weighted by Gasteiger charge is -2.32. The van der Waals surface area contributed by atoms with E-state index >= 15 is 0 Å². The van der Waals surface area contributed by atoms with Gasteiger partial charge in [0.1, 0.15) is 5.82 Å². The number of hydrogen-bond acceptors (Lipinski definition) is 2. The van der Waals surface area contributed by atoms with Crippen molar-refractivity contribution < 1.29 is 13.9 Å². The monoisotopic (exact) mass is 328 g/mol. The molecule has 1 aliphatic heterocycles. The molecule has 2 aromatic carbocycles. The highest BCUT2D eigenvalue weighted by Gasteiger charge is 2.23. The molecule has 0 atom stereocenters. The van der Waals surface area contributed by atoms with Gasteiger partial charge < -0.3 is 15.0 Å². The van der Waals surface area contributed by atoms with Crippen molar-refractivity contribution in [2.24, 2.45) is 0 Å². The highest BCUT2D eigenvalue weighted by atomic mass is 19.1. The van der Waals surface area contributed by atoms with Crippen LogP contribution in [0.5, 0.6) is 0 Å². The van der Waals surface area contributed by atoms with Gasteiger partial charge in [0.25, 0.3) is 0 Å². The number of piperidine rings is 1. The predicted molar refractivity (Wildman–Crippen MR) is 91.2 cm³/mol. The molecule has 1 aliphatic rings. The maximum Gasteiger partial charge on any atom is 0.321 e. The van der Waals surface area contributed by atoms with Crippen LogP contribution in [-0.4, -0.2) is 30.1 Å². The molecule has 0 aromatic heterocycles. The number of carbonyl (C=O) groups excluding carboxylic acids is 1. The van der Waals surface area contributed by atoms with Crippen molar-refractivity contribution >= 4 is 11.7 Å². The van der Waals surface area contributed by atoms with Crippen LogP contribution in [0.15, 0.2) is 54.6 Å². The molecule has 1 N–H and O–H groups in total. The van der Waals surface area contributed by atoms with E-state index in [4.69, 9.17) is 4.74 Å². The van der Waals surface area contributed by atoms with E-state index in [1.807, 2.05) is 30.3 Å². The maximum absolute atomic E-state index is 13.6. The molecular formula is C19H21FN2O2. The Morgan fingerprint density at radius 1 is 1.08 bits per heavy atom. The van der Waals surface area contributed by atoms with E-state index in [-0.39, 0.29) is 17.8 Å². The van der Waals surface area contributed by atoms with Gasteiger partial charge in [-0.15, -0.1) is 0 Å². The lowest BCUT2D eigenvalue weighted by Crippen LogP contribution is -2.43. The second-order valence-corrected chi connectivity index (χ2v) is 5.89. The minimum atomic E-state index is -0.424. The van der Waals surface area contributed by atoms with Crippen molar-refractivity contribution in [1.29, 1.82) is 0 Å². The van der Waals surface area contributed by atoms with E-state index in [0.717, 1.165) is 18.4 Å². The van der Waals surface area contributed by atoms with Crippen LogP contribution >= 0.6 is 0 Å². The number of halogens is 1. The Morgan fingerprint density at radius 2 is 1.75 bits per heavy atom. The average Bonchev–Trinajstić information content (AvgIpc) is 2.63. The summed E-state index contributed by atoms with van der Waals surface area (Å²) < 4.78 is 19.5. The summed E-state index contributed by atoms with van der Waals surface area (Å²) in [4.78, 5) is 13.9. The normalized spacial score (nSPS) is 15.3. The highest BCUT2D eigenvalue weighted by molar-refractivity contribution is 5.89. The number of para-hydroxylation sites is 1. The molecule has 0 spiro atoms. The first-order chi connectivity index (χ1) is 11.7. The Kier molecular flexibility index (Phi) is 5.43. The summed E-state index contributed by atoms with van der Waals surface area (Å²) in [5.41, 5.74) is 1.36. The van der Waals surface area contributed by atoms with Crippen molar-refractivity contribution in [3.05, 3.63) is 66.0 Å². The van der Waals surface area contributed by atoms with Crippen molar-refractivity contribution in [1.82, 2.24) is 4.90 Å². The number of hydrogen-bond donors (Lipinski definition) is 1. The lowest BCUT2D eigenvalue weighted by molar-refractivity contribution is 0.00540. The predicted octanol–water partition coefficient (Wildman–Crippen LogP) is 4.04. The fourth-order valence-electron chi connectivity index (χ4n) is 2.77. The molecule has 3 rings (SSSR count). The summed E-state index contributed by atoms with van der Waals surface area (Å²) in [6, 6.07) is 16.0. The molecule has 2 aromatic rings. The van der Waals surface area contributed by atoms with Crippen LogP contribution in [0.3, 0.4) is 0 Å². The number of amides is 2. The lowest BCUT2D eigenvalue weighted by atomic mass is 10.1. The molecule has 1 heterocycles. The molecular weight excluding hydrogens is 307 g/mol. The van der Waals surface area contributed by atoms with Gasteiger partial charge in [-0.05, 0) is 30.5 Å². The topological polar surface area (TPSA) is 41.6 Å². The first-order valence-electron chi connectivity index (χ1n) is 8.18. The summed E-state index contributed by atoms with van der Waals surface area (Å²) in [6.07, 6.45) is 1.73. The zero-order valence-corrected chi connectivity index (χ0v) is 13.5. The van der Waals surface area contributed by atoms with E-state index in [9.17, 15) is 9.18 Å². The Labute approximate surface area is 141 Å². The molecule has 0 radical (unpaired) electrons. The molecule has 5 heteroatoms. The van der Waals surface area contributed by atoms with Crippen LogP contribution in [0.1, 0.15) is 18.4 Å². The van der Waals surface area contributed by atoms with E-state index in [1.54, 1.807) is 23.1 Å². The fourth-order valence-corrected chi connectivity index (χ4v) is 2.77. The molecule has 1 saturated heterocycles. The van der Waals surface area contributed by atoms with Crippen molar-refractivity contribution in [2.45, 2.75) is 25.6 Å². The second kappa shape index (κ2) is 7.93. The van der Waals surface area contributed by atoms with Crippen molar-refractivity contribution in [2.75, 3.05) is 18.4 Å². The SMILES string of the molecule is O=C(Nc1ccccc1F)N1CCC(OCc2ccccc2)CC1. The summed E-state index contributed by atoms with van der Waals surface area (Å²) in [5, 5.41) is 2.62. The standard InChI is InChI=1S/C19H21FN2O2/c20-17-8-4-5-9-18(17)21-19(23)22-12-10-16(11-13-22)24-14-15-6-2-1-3-7-15/h1-9,16H,10-14H2,(H,21,23). The summed E-state index contributed by atoms with van der Waals surface area (Å²) in [5.74, 6) is -0.424. The minimum absolute atomic E-state index is 0.155. The molecule has 24 heavy (non-hydrogen) atoms. The smallest absolute Gasteiger partial charge is 0.321 e. The molecule has 0 bridgehead atoms. The largest absolute Gasteiger partial charge is 0.373 e. The third-order valence-electron chi connectivity index (χ3n) is 4.17. The minimum Gasteiger partial charge on any atom is -0.373 e. The van der Waals surface area contributed by atoms with E-state index < -0.39 is 5.82 Å². The van der Waals surface area contributed by atoms with E-state index in [1.165, 1.54) is 6.07 Å². The van der Waals surface area contributed by atoms with Gasteiger partial charge in [-0.25, -0.2) is 9.18 Å². The number of likely N-dealkylation sites (tertiary alicyclic amines) is 1. The number of carbonyl (C=O) groups is 1. The van der Waals surface area contributed by atoms with Crippen molar-refractivity contribution in [3.8, 4) is 0 Å². The third-order valence-corrected chi connectivity index (χ3v) is 4.17. The molecule has 0 aliphatic carbocycles. The molecule has 4 nitrogen and oxygen atoms in total. The summed E-state index contributed by atoms with van der Waals surface area (Å²) >= 11 is 0. The number of anilines is 1. The Bertz CT molecular complexity index is 670. The molecule has 1 fully saturated rings. The Hall–Kier alpha value is -2.40. The van der Waals surface area contributed by atoms with E-state index in [2.05, 4.69) is 5.32 Å². The van der Waals surface area contributed by atoms with Crippen LogP contribution in [0.25, 0.3) is 0 Å². The van der Waals surface area contributed by atoms with Gasteiger partial charge in [0.15, 0.2) is 0 Å². The zero-order valence-electron chi connectivity index (χ0n) is 13.5. The van der Waals surface area contributed by atoms with Gasteiger partial charge in [0.2, 0.25) is 0 Å². The van der Waals surface area contributed by atoms with Gasteiger partial charge in [-0.1, -0.05) is 42.5 Å². The van der Waals surface area contributed by atoms with Gasteiger partial charge in [-0.2, -0.15) is 0 Å². The molecule has 0 saturated carbocycles. The van der Waals surface area contributed by atoms with Crippen LogP contribution in [0, 0.1) is 5.82 Å². The zero-order chi connectivity index (χ0) is 16.8. The number of nitrogens with zero attached hydrogens (tertiary/aromatic N) is 1. The number of ether oxygens (including phenoxy) is 1. The van der Waals surface area contributed by atoms with Crippen LogP contribution in [0.4, 0.5) is 14.9 Å². The Morgan fingerprint density at radius 3 is 2.46 bits per heavy atom. The summed E-state index contributed by atoms with van der Waals surface area (Å²) in [7, 11) is 0. The Balaban J connectivity index is 1.44. The third kappa shape index (κ3) is 4.32. The molecule has 126 valence electrons. The van der Waals surface area contributed by atoms with Gasteiger partial charge >= 0.3 is 6.03 Å². The van der Waals surface area contributed by atoms with Gasteiger partial charge in [0.05, 0.1) is 18.4 Å². The number of benzene rings is 2. The highest BCUT2D eigenvalue weighted by Crippen LogP contribution is 2.18. The van der Waals surface area contributed by atoms with Crippen molar-refractivity contribution in [3.63, 3.8) is 0 Å².